The zero-order valence-corrected chi connectivity index (χ0v) is 17.1. The molecule has 1 saturated heterocycles. The van der Waals surface area contributed by atoms with E-state index >= 15 is 0 Å². The van der Waals surface area contributed by atoms with Gasteiger partial charge >= 0.3 is 0 Å². The van der Waals surface area contributed by atoms with Crippen molar-refractivity contribution in [2.24, 2.45) is 4.99 Å². The Balaban J connectivity index is 2.18. The van der Waals surface area contributed by atoms with E-state index in [1.807, 2.05) is 0 Å². The first kappa shape index (κ1) is 20.2. The van der Waals surface area contributed by atoms with Crippen LogP contribution in [0.2, 0.25) is 0 Å². The Kier molecular flexibility index (Phi) is 8.19. The van der Waals surface area contributed by atoms with E-state index in [2.05, 4.69) is 64.7 Å². The quantitative estimate of drug-likeness (QED) is 0.534. The maximum atomic E-state index is 5.62. The molecule has 1 aromatic rings. The van der Waals surface area contributed by atoms with Crippen LogP contribution in [0.1, 0.15) is 32.3 Å². The number of rotatable bonds is 7. The number of hydrogen-bond acceptors (Lipinski definition) is 3. The van der Waals surface area contributed by atoms with Gasteiger partial charge in [-0.1, -0.05) is 28.1 Å². The summed E-state index contributed by atoms with van der Waals surface area (Å²) in [5, 5.41) is 6.75. The fourth-order valence-electron chi connectivity index (χ4n) is 3.18. The molecule has 0 radical (unpaired) electrons. The molecule has 25 heavy (non-hydrogen) atoms. The third-order valence-electron chi connectivity index (χ3n) is 4.59. The molecule has 2 rings (SSSR count). The average molecular weight is 412 g/mol. The smallest absolute Gasteiger partial charge is 0.191 e. The van der Waals surface area contributed by atoms with Gasteiger partial charge in [-0.25, -0.2) is 0 Å². The molecule has 1 unspecified atom stereocenters. The highest BCUT2D eigenvalue weighted by Gasteiger charge is 2.34. The van der Waals surface area contributed by atoms with Gasteiger partial charge < -0.3 is 20.1 Å². The fraction of sp³-hybridized carbons (Fsp3) is 0.632. The van der Waals surface area contributed by atoms with Crippen LogP contribution in [-0.2, 0) is 14.9 Å². The zero-order chi connectivity index (χ0) is 18.1. The van der Waals surface area contributed by atoms with Crippen molar-refractivity contribution in [1.29, 1.82) is 0 Å². The van der Waals surface area contributed by atoms with E-state index in [-0.39, 0.29) is 11.5 Å². The van der Waals surface area contributed by atoms with Gasteiger partial charge in [-0.3, -0.25) is 4.99 Å². The average Bonchev–Trinajstić information content (AvgIpc) is 2.61. The monoisotopic (exact) mass is 411 g/mol. The van der Waals surface area contributed by atoms with Crippen LogP contribution in [0.3, 0.4) is 0 Å². The lowest BCUT2D eigenvalue weighted by Crippen LogP contribution is -2.45. The number of nitrogens with zero attached hydrogens (tertiary/aromatic N) is 1. The predicted molar refractivity (Wildman–Crippen MR) is 106 cm³/mol. The summed E-state index contributed by atoms with van der Waals surface area (Å²) < 4.78 is 11.9. The molecule has 140 valence electrons. The topological polar surface area (TPSA) is 54.9 Å². The molecule has 0 aromatic heterocycles. The molecular formula is C19H30BrN3O2. The van der Waals surface area contributed by atoms with Crippen LogP contribution in [0, 0.1) is 0 Å². The number of aliphatic imine (C=N–C) groups is 1. The molecule has 0 saturated carbocycles. The van der Waals surface area contributed by atoms with E-state index in [1.54, 1.807) is 7.11 Å². The molecule has 1 aromatic carbocycles. The number of nitrogens with one attached hydrogen (secondary N) is 2. The number of methoxy groups -OCH3 is 1. The van der Waals surface area contributed by atoms with Gasteiger partial charge in [0.05, 0.1) is 13.2 Å². The standard InChI is InChI=1S/C19H30BrN3O2/c1-4-21-18(23-15(2)13-24-3)22-14-19(9-11-25-12-10-19)16-5-7-17(20)8-6-16/h5-8,15H,4,9-14H2,1-3H3,(H2,21,22,23). The number of hydrogen-bond donors (Lipinski definition) is 2. The Morgan fingerprint density at radius 2 is 2.00 bits per heavy atom. The van der Waals surface area contributed by atoms with Crippen molar-refractivity contribution in [3.8, 4) is 0 Å². The summed E-state index contributed by atoms with van der Waals surface area (Å²) >= 11 is 3.53. The number of guanidine groups is 1. The Bertz CT molecular complexity index is 542. The van der Waals surface area contributed by atoms with Gasteiger partial charge in [-0.15, -0.1) is 0 Å². The van der Waals surface area contributed by atoms with Crippen LogP contribution >= 0.6 is 15.9 Å². The third-order valence-corrected chi connectivity index (χ3v) is 5.12. The van der Waals surface area contributed by atoms with Crippen molar-refractivity contribution >= 4 is 21.9 Å². The molecule has 0 amide bonds. The SMILES string of the molecule is CCNC(=NCC1(c2ccc(Br)cc2)CCOCC1)NC(C)COC. The van der Waals surface area contributed by atoms with Crippen molar-refractivity contribution in [1.82, 2.24) is 10.6 Å². The maximum Gasteiger partial charge on any atom is 0.191 e. The van der Waals surface area contributed by atoms with Gasteiger partial charge in [0.1, 0.15) is 0 Å². The van der Waals surface area contributed by atoms with E-state index in [0.717, 1.165) is 49.6 Å². The first-order chi connectivity index (χ1) is 12.1. The van der Waals surface area contributed by atoms with Crippen molar-refractivity contribution in [3.05, 3.63) is 34.3 Å². The normalized spacial score (nSPS) is 18.6. The summed E-state index contributed by atoms with van der Waals surface area (Å²) in [6.45, 7) is 7.97. The van der Waals surface area contributed by atoms with Gasteiger partial charge in [0, 0.05) is 42.8 Å². The minimum atomic E-state index is 0.0335. The minimum absolute atomic E-state index is 0.0335. The van der Waals surface area contributed by atoms with Crippen LogP contribution < -0.4 is 10.6 Å². The molecule has 1 fully saturated rings. The molecule has 0 aliphatic carbocycles. The first-order valence-corrected chi connectivity index (χ1v) is 9.76. The van der Waals surface area contributed by atoms with Crippen LogP contribution in [-0.4, -0.2) is 52.0 Å². The second kappa shape index (κ2) is 10.1. The maximum absolute atomic E-state index is 5.62. The second-order valence-electron chi connectivity index (χ2n) is 6.60. The summed E-state index contributed by atoms with van der Waals surface area (Å²) in [6, 6.07) is 8.85. The van der Waals surface area contributed by atoms with Crippen LogP contribution in [0.5, 0.6) is 0 Å². The second-order valence-corrected chi connectivity index (χ2v) is 7.51. The van der Waals surface area contributed by atoms with Crippen LogP contribution in [0.25, 0.3) is 0 Å². The first-order valence-electron chi connectivity index (χ1n) is 8.97. The lowest BCUT2D eigenvalue weighted by molar-refractivity contribution is 0.0531. The third kappa shape index (κ3) is 5.97. The molecule has 0 spiro atoms. The highest BCUT2D eigenvalue weighted by Crippen LogP contribution is 2.35. The van der Waals surface area contributed by atoms with Crippen molar-refractivity contribution < 1.29 is 9.47 Å². The van der Waals surface area contributed by atoms with Crippen molar-refractivity contribution in [2.75, 3.05) is 40.0 Å². The molecule has 1 heterocycles. The minimum Gasteiger partial charge on any atom is -0.383 e. The molecule has 1 aliphatic rings. The van der Waals surface area contributed by atoms with Gasteiger partial charge in [0.2, 0.25) is 0 Å². The van der Waals surface area contributed by atoms with Crippen LogP contribution in [0.15, 0.2) is 33.7 Å². The van der Waals surface area contributed by atoms with E-state index in [0.29, 0.717) is 6.61 Å². The van der Waals surface area contributed by atoms with Gasteiger partial charge in [0.15, 0.2) is 5.96 Å². The molecule has 1 aliphatic heterocycles. The molecular weight excluding hydrogens is 382 g/mol. The predicted octanol–water partition coefficient (Wildman–Crippen LogP) is 3.09. The summed E-state index contributed by atoms with van der Waals surface area (Å²) in [6.07, 6.45) is 1.98. The van der Waals surface area contributed by atoms with E-state index in [9.17, 15) is 0 Å². The highest BCUT2D eigenvalue weighted by molar-refractivity contribution is 9.10. The molecule has 2 N–H and O–H groups in total. The summed E-state index contributed by atoms with van der Waals surface area (Å²) in [5.41, 5.74) is 1.37. The van der Waals surface area contributed by atoms with Gasteiger partial charge in [-0.2, -0.15) is 0 Å². The molecule has 6 heteroatoms. The molecule has 1 atom stereocenters. The molecule has 0 bridgehead atoms. The van der Waals surface area contributed by atoms with Gasteiger partial charge in [-0.05, 0) is 44.4 Å². The zero-order valence-electron chi connectivity index (χ0n) is 15.5. The summed E-state index contributed by atoms with van der Waals surface area (Å²) in [4.78, 5) is 4.90. The highest BCUT2D eigenvalue weighted by atomic mass is 79.9. The van der Waals surface area contributed by atoms with E-state index < -0.39 is 0 Å². The Labute approximate surface area is 159 Å². The fourth-order valence-corrected chi connectivity index (χ4v) is 3.44. The Morgan fingerprint density at radius 1 is 1.32 bits per heavy atom. The number of benzene rings is 1. The van der Waals surface area contributed by atoms with Crippen molar-refractivity contribution in [3.63, 3.8) is 0 Å². The lowest BCUT2D eigenvalue weighted by atomic mass is 9.74. The summed E-state index contributed by atoms with van der Waals surface area (Å²) in [5.74, 6) is 0.843. The Hall–Kier alpha value is -1.11. The van der Waals surface area contributed by atoms with E-state index in [1.165, 1.54) is 5.56 Å². The van der Waals surface area contributed by atoms with Crippen molar-refractivity contribution in [2.45, 2.75) is 38.1 Å². The lowest BCUT2D eigenvalue weighted by Gasteiger charge is -2.37. The van der Waals surface area contributed by atoms with E-state index in [4.69, 9.17) is 14.5 Å². The number of ether oxygens (including phenoxy) is 2. The Morgan fingerprint density at radius 3 is 2.60 bits per heavy atom. The summed E-state index contributed by atoms with van der Waals surface area (Å²) in [7, 11) is 1.72. The largest absolute Gasteiger partial charge is 0.383 e. The van der Waals surface area contributed by atoms with Gasteiger partial charge in [0.25, 0.3) is 0 Å². The number of halogens is 1. The molecule has 5 nitrogen and oxygen atoms in total. The van der Waals surface area contributed by atoms with Crippen LogP contribution in [0.4, 0.5) is 0 Å².